The molecule has 0 bridgehead atoms. The van der Waals surface area contributed by atoms with Gasteiger partial charge in [-0.2, -0.15) is 0 Å². The molecule has 1 aliphatic heterocycles. The summed E-state index contributed by atoms with van der Waals surface area (Å²) < 4.78 is 5.05. The molecule has 2 heterocycles. The molecular weight excluding hydrogens is 306 g/mol. The van der Waals surface area contributed by atoms with E-state index in [-0.39, 0.29) is 23.5 Å². The number of amides is 2. The lowest BCUT2D eigenvalue weighted by atomic mass is 9.88. The predicted molar refractivity (Wildman–Crippen MR) is 90.5 cm³/mol. The van der Waals surface area contributed by atoms with Crippen molar-refractivity contribution in [2.24, 2.45) is 11.8 Å². The molecule has 126 valence electrons. The van der Waals surface area contributed by atoms with Crippen molar-refractivity contribution in [2.75, 3.05) is 18.4 Å². The Balaban J connectivity index is 1.49. The van der Waals surface area contributed by atoms with Gasteiger partial charge in [-0.05, 0) is 48.8 Å². The van der Waals surface area contributed by atoms with Gasteiger partial charge >= 0.3 is 0 Å². The Morgan fingerprint density at radius 2 is 2.00 bits per heavy atom. The second kappa shape index (κ2) is 7.31. The van der Waals surface area contributed by atoms with E-state index < -0.39 is 0 Å². The second-order valence-corrected chi connectivity index (χ2v) is 6.05. The molecule has 0 saturated carbocycles. The molecule has 6 heteroatoms. The molecule has 3 rings (SSSR count). The van der Waals surface area contributed by atoms with Crippen LogP contribution in [0.2, 0.25) is 0 Å². The average molecular weight is 327 g/mol. The summed E-state index contributed by atoms with van der Waals surface area (Å²) in [6.07, 6.45) is 1.46. The number of furan rings is 1. The van der Waals surface area contributed by atoms with E-state index in [1.54, 1.807) is 12.1 Å². The summed E-state index contributed by atoms with van der Waals surface area (Å²) in [4.78, 5) is 24.0. The maximum absolute atomic E-state index is 12.1. The van der Waals surface area contributed by atoms with Crippen LogP contribution >= 0.6 is 0 Å². The third-order valence-electron chi connectivity index (χ3n) is 4.36. The van der Waals surface area contributed by atoms with E-state index in [0.717, 1.165) is 18.7 Å². The molecule has 1 unspecified atom stereocenters. The third kappa shape index (κ3) is 3.83. The molecule has 1 aromatic carbocycles. The van der Waals surface area contributed by atoms with Crippen LogP contribution in [0.3, 0.4) is 0 Å². The van der Waals surface area contributed by atoms with Crippen molar-refractivity contribution < 1.29 is 14.0 Å². The van der Waals surface area contributed by atoms with Gasteiger partial charge in [0.05, 0.1) is 6.26 Å². The van der Waals surface area contributed by atoms with E-state index in [1.165, 1.54) is 6.26 Å². The summed E-state index contributed by atoms with van der Waals surface area (Å²) in [5, 5.41) is 8.90. The summed E-state index contributed by atoms with van der Waals surface area (Å²) in [5.41, 5.74) is 1.67. The highest BCUT2D eigenvalue weighted by Crippen LogP contribution is 2.16. The number of benzene rings is 1. The molecule has 2 aromatic rings. The number of nitrogens with one attached hydrogen (secondary N) is 3. The van der Waals surface area contributed by atoms with Crippen LogP contribution in [0.5, 0.6) is 0 Å². The number of anilines is 1. The van der Waals surface area contributed by atoms with Gasteiger partial charge in [-0.25, -0.2) is 0 Å². The van der Waals surface area contributed by atoms with Crippen molar-refractivity contribution in [3.8, 4) is 0 Å². The summed E-state index contributed by atoms with van der Waals surface area (Å²) in [6, 6.07) is 10.7. The highest BCUT2D eigenvalue weighted by molar-refractivity contribution is 6.02. The molecule has 1 atom stereocenters. The van der Waals surface area contributed by atoms with Gasteiger partial charge in [0, 0.05) is 18.2 Å². The van der Waals surface area contributed by atoms with E-state index in [2.05, 4.69) is 16.0 Å². The molecule has 1 fully saturated rings. The van der Waals surface area contributed by atoms with Crippen LogP contribution in [0.4, 0.5) is 5.69 Å². The highest BCUT2D eigenvalue weighted by Gasteiger charge is 2.28. The smallest absolute Gasteiger partial charge is 0.291 e. The zero-order chi connectivity index (χ0) is 16.9. The van der Waals surface area contributed by atoms with Gasteiger partial charge in [-0.15, -0.1) is 0 Å². The number of carbonyl (C=O) groups excluding carboxylic acids is 2. The molecular formula is C18H21N3O3. The van der Waals surface area contributed by atoms with E-state index in [1.807, 2.05) is 31.2 Å². The van der Waals surface area contributed by atoms with Crippen LogP contribution in [0, 0.1) is 11.8 Å². The first-order chi connectivity index (χ1) is 11.6. The average Bonchev–Trinajstić information content (AvgIpc) is 3.06. The minimum Gasteiger partial charge on any atom is -0.459 e. The Morgan fingerprint density at radius 1 is 1.25 bits per heavy atom. The first-order valence-corrected chi connectivity index (χ1v) is 8.05. The lowest BCUT2D eigenvalue weighted by Gasteiger charge is -2.31. The van der Waals surface area contributed by atoms with Gasteiger partial charge in [-0.1, -0.05) is 19.1 Å². The first-order valence-electron chi connectivity index (χ1n) is 8.05. The van der Waals surface area contributed by atoms with Gasteiger partial charge in [0.15, 0.2) is 5.76 Å². The second-order valence-electron chi connectivity index (χ2n) is 6.05. The fraction of sp³-hybridized carbons (Fsp3) is 0.333. The number of hydrogen-bond donors (Lipinski definition) is 3. The zero-order valence-corrected chi connectivity index (χ0v) is 13.5. The number of rotatable bonds is 6. The molecule has 1 saturated heterocycles. The fourth-order valence-corrected chi connectivity index (χ4v) is 2.54. The van der Waals surface area contributed by atoms with Crippen molar-refractivity contribution in [1.29, 1.82) is 0 Å². The molecule has 1 aliphatic rings. The quantitative estimate of drug-likeness (QED) is 0.758. The van der Waals surface area contributed by atoms with Crippen LogP contribution < -0.4 is 16.0 Å². The molecule has 6 nitrogen and oxygen atoms in total. The van der Waals surface area contributed by atoms with Crippen LogP contribution in [-0.4, -0.2) is 24.9 Å². The van der Waals surface area contributed by atoms with E-state index >= 15 is 0 Å². The fourth-order valence-electron chi connectivity index (χ4n) is 2.54. The lowest BCUT2D eigenvalue weighted by molar-refractivity contribution is -0.126. The summed E-state index contributed by atoms with van der Waals surface area (Å²) in [6.45, 7) is 4.28. The standard InChI is InChI=1S/C18H21N3O3/c1-12(14-10-19-11-14)17(22)20-9-13-4-6-15(7-5-13)21-18(23)16-3-2-8-24-16/h2-8,12,14,19H,9-11H2,1H3,(H,20,22)(H,21,23). The molecule has 0 spiro atoms. The van der Waals surface area contributed by atoms with Crippen LogP contribution in [-0.2, 0) is 11.3 Å². The minimum absolute atomic E-state index is 0.0260. The SMILES string of the molecule is CC(C(=O)NCc1ccc(NC(=O)c2ccco2)cc1)C1CNC1. The Morgan fingerprint density at radius 3 is 2.58 bits per heavy atom. The maximum atomic E-state index is 12.1. The molecule has 1 aromatic heterocycles. The van der Waals surface area contributed by atoms with Crippen LogP contribution in [0.15, 0.2) is 47.1 Å². The van der Waals surface area contributed by atoms with Gasteiger partial charge in [0.25, 0.3) is 5.91 Å². The predicted octanol–water partition coefficient (Wildman–Crippen LogP) is 2.00. The number of hydrogen-bond acceptors (Lipinski definition) is 4. The summed E-state index contributed by atoms with van der Waals surface area (Å²) in [5.74, 6) is 0.522. The molecule has 0 radical (unpaired) electrons. The van der Waals surface area contributed by atoms with Crippen molar-refractivity contribution in [1.82, 2.24) is 10.6 Å². The molecule has 2 amide bonds. The van der Waals surface area contributed by atoms with E-state index in [0.29, 0.717) is 18.2 Å². The highest BCUT2D eigenvalue weighted by atomic mass is 16.3. The molecule has 0 aliphatic carbocycles. The van der Waals surface area contributed by atoms with Crippen LogP contribution in [0.25, 0.3) is 0 Å². The number of carbonyl (C=O) groups is 2. The van der Waals surface area contributed by atoms with Crippen molar-refractivity contribution in [3.63, 3.8) is 0 Å². The third-order valence-corrected chi connectivity index (χ3v) is 4.36. The van der Waals surface area contributed by atoms with Gasteiger partial charge in [0.1, 0.15) is 0 Å². The van der Waals surface area contributed by atoms with E-state index in [9.17, 15) is 9.59 Å². The largest absolute Gasteiger partial charge is 0.459 e. The normalized spacial score (nSPS) is 15.4. The molecule has 24 heavy (non-hydrogen) atoms. The Labute approximate surface area is 140 Å². The Hall–Kier alpha value is -2.60. The Bertz CT molecular complexity index is 691. The summed E-state index contributed by atoms with van der Waals surface area (Å²) in [7, 11) is 0. The Kier molecular flexibility index (Phi) is 4.96. The van der Waals surface area contributed by atoms with Gasteiger partial charge < -0.3 is 20.4 Å². The van der Waals surface area contributed by atoms with Crippen molar-refractivity contribution in [2.45, 2.75) is 13.5 Å². The topological polar surface area (TPSA) is 83.4 Å². The van der Waals surface area contributed by atoms with E-state index in [4.69, 9.17) is 4.42 Å². The molecule has 3 N–H and O–H groups in total. The van der Waals surface area contributed by atoms with Gasteiger partial charge in [-0.3, -0.25) is 9.59 Å². The van der Waals surface area contributed by atoms with Crippen molar-refractivity contribution >= 4 is 17.5 Å². The van der Waals surface area contributed by atoms with Crippen molar-refractivity contribution in [3.05, 3.63) is 54.0 Å². The maximum Gasteiger partial charge on any atom is 0.291 e. The first kappa shape index (κ1) is 16.3. The summed E-state index contributed by atoms with van der Waals surface area (Å²) >= 11 is 0. The lowest BCUT2D eigenvalue weighted by Crippen LogP contribution is -2.49. The monoisotopic (exact) mass is 327 g/mol. The zero-order valence-electron chi connectivity index (χ0n) is 13.5. The van der Waals surface area contributed by atoms with Gasteiger partial charge in [0.2, 0.25) is 5.91 Å². The minimum atomic E-state index is -0.288. The van der Waals surface area contributed by atoms with Crippen LogP contribution in [0.1, 0.15) is 23.0 Å².